The van der Waals surface area contributed by atoms with Gasteiger partial charge in [-0.05, 0) is 31.9 Å². The third-order valence-electron chi connectivity index (χ3n) is 4.60. The van der Waals surface area contributed by atoms with Crippen LogP contribution in [0.3, 0.4) is 0 Å². The van der Waals surface area contributed by atoms with Gasteiger partial charge in [0, 0.05) is 28.7 Å². The van der Waals surface area contributed by atoms with Gasteiger partial charge in [-0.3, -0.25) is 9.89 Å². The molecule has 0 unspecified atom stereocenters. The van der Waals surface area contributed by atoms with E-state index in [2.05, 4.69) is 21.6 Å². The molecule has 0 bridgehead atoms. The monoisotopic (exact) mass is 352 g/mol. The predicted octanol–water partition coefficient (Wildman–Crippen LogP) is 3.13. The molecule has 7 heteroatoms. The number of benzene rings is 1. The molecule has 126 valence electrons. The minimum atomic E-state index is -0.358. The van der Waals surface area contributed by atoms with Gasteiger partial charge in [0.1, 0.15) is 17.1 Å². The van der Waals surface area contributed by atoms with Crippen LogP contribution < -0.4 is 10.7 Å². The largest absolute Gasteiger partial charge is 0.322 e. The van der Waals surface area contributed by atoms with E-state index in [1.54, 1.807) is 12.4 Å². The molecule has 6 nitrogen and oxygen atoms in total. The molecule has 2 aliphatic rings. The van der Waals surface area contributed by atoms with Crippen LogP contribution in [0.5, 0.6) is 0 Å². The van der Waals surface area contributed by atoms with Crippen LogP contribution in [0.4, 0.5) is 5.82 Å². The Labute approximate surface area is 150 Å². The number of nitrogens with zero attached hydrogens (tertiary/aromatic N) is 5. The van der Waals surface area contributed by atoms with Crippen molar-refractivity contribution in [2.75, 3.05) is 4.90 Å². The number of hydrogen-bond acceptors (Lipinski definition) is 5. The molecule has 1 aromatic carbocycles. The maximum absolute atomic E-state index is 6.04. The van der Waals surface area contributed by atoms with Gasteiger partial charge in [0.05, 0.1) is 5.71 Å². The predicted molar refractivity (Wildman–Crippen MR) is 100 cm³/mol. The van der Waals surface area contributed by atoms with Gasteiger partial charge in [-0.25, -0.2) is 9.97 Å². The second-order valence-electron chi connectivity index (χ2n) is 6.19. The second kappa shape index (κ2) is 5.67. The molecule has 25 heavy (non-hydrogen) atoms. The summed E-state index contributed by atoms with van der Waals surface area (Å²) < 4.78 is 0. The van der Waals surface area contributed by atoms with Gasteiger partial charge in [0.2, 0.25) is 0 Å². The quantitative estimate of drug-likeness (QED) is 0.370. The maximum atomic E-state index is 6.04. The molecule has 0 saturated heterocycles. The number of hydrazone groups is 1. The van der Waals surface area contributed by atoms with Crippen molar-refractivity contribution >= 4 is 29.0 Å². The standard InChI is InChI=1S/C18H17ClN6/c1-11-18(7-8-18)23-15(13-3-5-14(19)6-4-13)16-17(22-10-9-21-16)25(11)12(2)24-20/h3-6,9-10H,1,7-8,20H2,2H3/b24-12-. The Morgan fingerprint density at radius 2 is 1.92 bits per heavy atom. The van der Waals surface area contributed by atoms with Gasteiger partial charge in [0.15, 0.2) is 5.82 Å². The maximum Gasteiger partial charge on any atom is 0.166 e. The second-order valence-corrected chi connectivity index (χ2v) is 6.62. The van der Waals surface area contributed by atoms with Crippen LogP contribution in [-0.4, -0.2) is 27.1 Å². The SMILES string of the molecule is C=C1N(/C(C)=N\N)c2nccnc2C(c2ccc(Cl)cc2)=NC12CC2. The number of amidine groups is 1. The summed E-state index contributed by atoms with van der Waals surface area (Å²) in [7, 11) is 0. The molecule has 0 radical (unpaired) electrons. The molecular weight excluding hydrogens is 336 g/mol. The average molecular weight is 353 g/mol. The van der Waals surface area contributed by atoms with E-state index in [1.807, 2.05) is 36.1 Å². The fraction of sp³-hybridized carbons (Fsp3) is 0.222. The van der Waals surface area contributed by atoms with Gasteiger partial charge in [0.25, 0.3) is 0 Å². The van der Waals surface area contributed by atoms with Crippen molar-refractivity contribution in [3.8, 4) is 0 Å². The first kappa shape index (κ1) is 15.8. The molecule has 1 saturated carbocycles. The van der Waals surface area contributed by atoms with Crippen LogP contribution >= 0.6 is 11.6 Å². The van der Waals surface area contributed by atoms with Gasteiger partial charge >= 0.3 is 0 Å². The molecular formula is C18H17ClN6. The Morgan fingerprint density at radius 1 is 1.24 bits per heavy atom. The Bertz CT molecular complexity index is 911. The van der Waals surface area contributed by atoms with Crippen molar-refractivity contribution < 1.29 is 0 Å². The number of aromatic nitrogens is 2. The van der Waals surface area contributed by atoms with Crippen molar-refractivity contribution in [1.82, 2.24) is 9.97 Å². The molecule has 1 fully saturated rings. The Balaban J connectivity index is 1.97. The Kier molecular flexibility index (Phi) is 3.58. The van der Waals surface area contributed by atoms with E-state index < -0.39 is 0 Å². The fourth-order valence-corrected chi connectivity index (χ4v) is 3.19. The van der Waals surface area contributed by atoms with E-state index in [0.717, 1.165) is 29.8 Å². The first-order valence-corrected chi connectivity index (χ1v) is 8.35. The van der Waals surface area contributed by atoms with E-state index in [9.17, 15) is 0 Å². The zero-order valence-electron chi connectivity index (χ0n) is 13.8. The van der Waals surface area contributed by atoms with Crippen molar-refractivity contribution in [3.63, 3.8) is 0 Å². The number of aliphatic imine (C=N–C) groups is 1. The summed E-state index contributed by atoms with van der Waals surface area (Å²) in [5, 5.41) is 4.53. The highest BCUT2D eigenvalue weighted by atomic mass is 35.5. The highest BCUT2D eigenvalue weighted by Gasteiger charge is 2.51. The van der Waals surface area contributed by atoms with Crippen LogP contribution in [0.1, 0.15) is 31.0 Å². The third-order valence-corrected chi connectivity index (χ3v) is 4.85. The normalized spacial score (nSPS) is 18.6. The average Bonchev–Trinajstić information content (AvgIpc) is 3.43. The van der Waals surface area contributed by atoms with E-state index >= 15 is 0 Å². The minimum Gasteiger partial charge on any atom is -0.322 e. The van der Waals surface area contributed by atoms with Crippen molar-refractivity contribution in [2.24, 2.45) is 15.9 Å². The lowest BCUT2D eigenvalue weighted by atomic mass is 10.1. The zero-order valence-corrected chi connectivity index (χ0v) is 14.5. The Morgan fingerprint density at radius 3 is 2.56 bits per heavy atom. The topological polar surface area (TPSA) is 79.8 Å². The van der Waals surface area contributed by atoms with Crippen LogP contribution in [0.2, 0.25) is 5.02 Å². The smallest absolute Gasteiger partial charge is 0.166 e. The van der Waals surface area contributed by atoms with Gasteiger partial charge in [-0.15, -0.1) is 0 Å². The van der Waals surface area contributed by atoms with Crippen molar-refractivity contribution in [1.29, 1.82) is 0 Å². The van der Waals surface area contributed by atoms with E-state index in [0.29, 0.717) is 22.4 Å². The molecule has 1 spiro atoms. The summed E-state index contributed by atoms with van der Waals surface area (Å²) in [6, 6.07) is 7.58. The van der Waals surface area contributed by atoms with E-state index in [1.165, 1.54) is 0 Å². The summed E-state index contributed by atoms with van der Waals surface area (Å²) in [6.45, 7) is 6.10. The molecule has 4 rings (SSSR count). The lowest BCUT2D eigenvalue weighted by molar-refractivity contribution is 0.783. The van der Waals surface area contributed by atoms with Crippen molar-refractivity contribution in [3.05, 3.63) is 65.2 Å². The van der Waals surface area contributed by atoms with Gasteiger partial charge in [-0.1, -0.05) is 30.3 Å². The van der Waals surface area contributed by atoms with Crippen LogP contribution in [-0.2, 0) is 0 Å². The molecule has 2 heterocycles. The lowest BCUT2D eigenvalue weighted by Crippen LogP contribution is -2.34. The number of anilines is 1. The number of halogens is 1. The zero-order chi connectivity index (χ0) is 17.6. The lowest BCUT2D eigenvalue weighted by Gasteiger charge is -2.26. The summed E-state index contributed by atoms with van der Waals surface area (Å²) in [6.07, 6.45) is 5.15. The molecule has 0 amide bonds. The molecule has 1 aliphatic carbocycles. The number of hydrogen-bond donors (Lipinski definition) is 1. The Hall–Kier alpha value is -2.73. The van der Waals surface area contributed by atoms with E-state index in [-0.39, 0.29) is 5.54 Å². The summed E-state index contributed by atoms with van der Waals surface area (Å²) in [4.78, 5) is 16.0. The van der Waals surface area contributed by atoms with E-state index in [4.69, 9.17) is 22.4 Å². The highest BCUT2D eigenvalue weighted by molar-refractivity contribution is 6.30. The van der Waals surface area contributed by atoms with Crippen molar-refractivity contribution in [2.45, 2.75) is 25.3 Å². The molecule has 2 aromatic rings. The first-order chi connectivity index (χ1) is 12.1. The van der Waals surface area contributed by atoms with Crippen LogP contribution in [0.25, 0.3) is 0 Å². The summed E-state index contributed by atoms with van der Waals surface area (Å²) in [5.41, 5.74) is 2.87. The van der Waals surface area contributed by atoms with Crippen LogP contribution in [0.15, 0.2) is 59.0 Å². The number of nitrogens with two attached hydrogens (primary N) is 1. The van der Waals surface area contributed by atoms with Gasteiger partial charge in [-0.2, -0.15) is 5.10 Å². The molecule has 2 N–H and O–H groups in total. The highest BCUT2D eigenvalue weighted by Crippen LogP contribution is 2.50. The first-order valence-electron chi connectivity index (χ1n) is 7.97. The number of rotatable bonds is 1. The fourth-order valence-electron chi connectivity index (χ4n) is 3.06. The third kappa shape index (κ3) is 2.49. The summed E-state index contributed by atoms with van der Waals surface area (Å²) in [5.74, 6) is 6.79. The summed E-state index contributed by atoms with van der Waals surface area (Å²) >= 11 is 6.04. The number of fused-ring (bicyclic) bond motifs is 1. The molecule has 0 atom stereocenters. The van der Waals surface area contributed by atoms with Gasteiger partial charge < -0.3 is 5.84 Å². The molecule has 1 aromatic heterocycles. The minimum absolute atomic E-state index is 0.358. The van der Waals surface area contributed by atoms with Crippen LogP contribution in [0, 0.1) is 0 Å². The molecule has 1 aliphatic heterocycles.